The van der Waals surface area contributed by atoms with Crippen molar-refractivity contribution in [1.29, 1.82) is 0 Å². The van der Waals surface area contributed by atoms with E-state index in [1.165, 1.54) is 0 Å². The van der Waals surface area contributed by atoms with E-state index in [4.69, 9.17) is 18.9 Å². The summed E-state index contributed by atoms with van der Waals surface area (Å²) in [6.07, 6.45) is 3.41. The number of ether oxygens (including phenoxy) is 4. The van der Waals surface area contributed by atoms with Crippen LogP contribution in [-0.2, 0) is 0 Å². The molecule has 0 saturated heterocycles. The van der Waals surface area contributed by atoms with Crippen LogP contribution in [0.15, 0.2) is 48.9 Å². The van der Waals surface area contributed by atoms with E-state index in [1.54, 1.807) is 41.0 Å². The first-order valence-electron chi connectivity index (χ1n) is 8.83. The molecule has 4 rings (SSSR count). The van der Waals surface area contributed by atoms with Crippen molar-refractivity contribution in [1.82, 2.24) is 19.6 Å². The highest BCUT2D eigenvalue weighted by atomic mass is 16.5. The van der Waals surface area contributed by atoms with Gasteiger partial charge in [-0.3, -0.25) is 4.40 Å². The molecule has 4 aromatic rings. The molecule has 0 saturated carbocycles. The summed E-state index contributed by atoms with van der Waals surface area (Å²) in [6.45, 7) is 0. The molecule has 8 heteroatoms. The predicted octanol–water partition coefficient (Wildman–Crippen LogP) is 3.49. The number of methoxy groups -OCH3 is 4. The first kappa shape index (κ1) is 18.5. The maximum atomic E-state index is 5.53. The molecule has 2 aromatic carbocycles. The van der Waals surface area contributed by atoms with Crippen molar-refractivity contribution in [3.8, 4) is 45.4 Å². The normalized spacial score (nSPS) is 10.8. The smallest absolute Gasteiger partial charge is 0.255 e. The molecule has 0 N–H and O–H groups in total. The molecule has 0 spiro atoms. The molecule has 8 nitrogen and oxygen atoms in total. The Kier molecular flexibility index (Phi) is 4.90. The highest BCUT2D eigenvalue weighted by Gasteiger charge is 2.19. The maximum absolute atomic E-state index is 5.53. The minimum atomic E-state index is 0.492. The van der Waals surface area contributed by atoms with Gasteiger partial charge in [0.25, 0.3) is 5.78 Å². The third kappa shape index (κ3) is 3.18. The number of hydrogen-bond acceptors (Lipinski definition) is 7. The van der Waals surface area contributed by atoms with Crippen LogP contribution >= 0.6 is 0 Å². The molecule has 148 valence electrons. The summed E-state index contributed by atoms with van der Waals surface area (Å²) in [4.78, 5) is 4.44. The number of benzene rings is 2. The van der Waals surface area contributed by atoms with Crippen LogP contribution in [0.3, 0.4) is 0 Å². The van der Waals surface area contributed by atoms with E-state index < -0.39 is 0 Å². The fourth-order valence-electron chi connectivity index (χ4n) is 3.28. The fourth-order valence-corrected chi connectivity index (χ4v) is 3.28. The lowest BCUT2D eigenvalue weighted by atomic mass is 9.99. The summed E-state index contributed by atoms with van der Waals surface area (Å²) < 4.78 is 23.6. The SMILES string of the molecule is COc1ccc(-c2cnc3nncn3c2-c2cc(OC)c(OC)c(OC)c2)cc1. The average molecular weight is 392 g/mol. The quantitative estimate of drug-likeness (QED) is 0.497. The predicted molar refractivity (Wildman–Crippen MR) is 108 cm³/mol. The van der Waals surface area contributed by atoms with E-state index in [9.17, 15) is 0 Å². The zero-order valence-electron chi connectivity index (χ0n) is 16.5. The largest absolute Gasteiger partial charge is 0.497 e. The van der Waals surface area contributed by atoms with Crippen molar-refractivity contribution in [2.24, 2.45) is 0 Å². The minimum absolute atomic E-state index is 0.492. The van der Waals surface area contributed by atoms with E-state index in [0.29, 0.717) is 23.0 Å². The monoisotopic (exact) mass is 392 g/mol. The van der Waals surface area contributed by atoms with Crippen molar-refractivity contribution in [2.45, 2.75) is 0 Å². The molecule has 0 atom stereocenters. The Morgan fingerprint density at radius 3 is 2.07 bits per heavy atom. The van der Waals surface area contributed by atoms with E-state index >= 15 is 0 Å². The van der Waals surface area contributed by atoms with Crippen molar-refractivity contribution in [3.05, 3.63) is 48.9 Å². The van der Waals surface area contributed by atoms with Crippen LogP contribution < -0.4 is 18.9 Å². The second-order valence-corrected chi connectivity index (χ2v) is 6.16. The summed E-state index contributed by atoms with van der Waals surface area (Å²) in [5.74, 6) is 2.91. The van der Waals surface area contributed by atoms with Crippen LogP contribution in [0.25, 0.3) is 28.2 Å². The van der Waals surface area contributed by atoms with Gasteiger partial charge in [0.1, 0.15) is 12.1 Å². The van der Waals surface area contributed by atoms with Gasteiger partial charge in [0.05, 0.1) is 34.1 Å². The number of aromatic nitrogens is 4. The average Bonchev–Trinajstić information content (AvgIpc) is 3.26. The van der Waals surface area contributed by atoms with E-state index in [0.717, 1.165) is 28.1 Å². The van der Waals surface area contributed by atoms with E-state index in [1.807, 2.05) is 40.8 Å². The Morgan fingerprint density at radius 1 is 0.793 bits per heavy atom. The molecule has 0 aliphatic heterocycles. The van der Waals surface area contributed by atoms with Gasteiger partial charge < -0.3 is 18.9 Å². The lowest BCUT2D eigenvalue weighted by molar-refractivity contribution is 0.324. The van der Waals surface area contributed by atoms with Gasteiger partial charge in [0.15, 0.2) is 11.5 Å². The molecule has 29 heavy (non-hydrogen) atoms. The lowest BCUT2D eigenvalue weighted by Gasteiger charge is -2.17. The fraction of sp³-hybridized carbons (Fsp3) is 0.190. The number of rotatable bonds is 6. The molecule has 0 radical (unpaired) electrons. The van der Waals surface area contributed by atoms with E-state index in [2.05, 4.69) is 15.2 Å². The van der Waals surface area contributed by atoms with Crippen molar-refractivity contribution >= 4 is 5.78 Å². The highest BCUT2D eigenvalue weighted by molar-refractivity contribution is 5.84. The first-order valence-corrected chi connectivity index (χ1v) is 8.83. The summed E-state index contributed by atoms with van der Waals surface area (Å²) in [5.41, 5.74) is 3.56. The molecule has 2 aromatic heterocycles. The van der Waals surface area contributed by atoms with Crippen LogP contribution in [0.1, 0.15) is 0 Å². The zero-order chi connectivity index (χ0) is 20.4. The van der Waals surface area contributed by atoms with Crippen molar-refractivity contribution in [3.63, 3.8) is 0 Å². The van der Waals surface area contributed by atoms with Crippen molar-refractivity contribution in [2.75, 3.05) is 28.4 Å². The molecule has 0 amide bonds. The molecule has 0 aliphatic carbocycles. The molecule has 0 bridgehead atoms. The molecule has 0 fully saturated rings. The number of fused-ring (bicyclic) bond motifs is 1. The van der Waals surface area contributed by atoms with Gasteiger partial charge >= 0.3 is 0 Å². The Balaban J connectivity index is 2.00. The minimum Gasteiger partial charge on any atom is -0.497 e. The molecular formula is C21H20N4O4. The second-order valence-electron chi connectivity index (χ2n) is 6.16. The van der Waals surface area contributed by atoms with Crippen LogP contribution in [-0.4, -0.2) is 48.0 Å². The molecule has 0 unspecified atom stereocenters. The van der Waals surface area contributed by atoms with Gasteiger partial charge in [-0.05, 0) is 29.8 Å². The molecular weight excluding hydrogens is 372 g/mol. The van der Waals surface area contributed by atoms with Gasteiger partial charge in [0, 0.05) is 17.3 Å². The number of hydrogen-bond donors (Lipinski definition) is 0. The highest BCUT2D eigenvalue weighted by Crippen LogP contribution is 2.43. The van der Waals surface area contributed by atoms with Gasteiger partial charge in [0.2, 0.25) is 5.75 Å². The van der Waals surface area contributed by atoms with Crippen molar-refractivity contribution < 1.29 is 18.9 Å². The van der Waals surface area contributed by atoms with Crippen LogP contribution in [0.4, 0.5) is 0 Å². The number of nitrogens with zero attached hydrogens (tertiary/aromatic N) is 4. The molecule has 2 heterocycles. The van der Waals surface area contributed by atoms with Crippen LogP contribution in [0.5, 0.6) is 23.0 Å². The topological polar surface area (TPSA) is 80.0 Å². The maximum Gasteiger partial charge on any atom is 0.255 e. The first-order chi connectivity index (χ1) is 14.2. The Hall–Kier alpha value is -3.81. The summed E-state index contributed by atoms with van der Waals surface area (Å²) in [5, 5.41) is 8.09. The summed E-state index contributed by atoms with van der Waals surface area (Å²) >= 11 is 0. The summed E-state index contributed by atoms with van der Waals surface area (Å²) in [7, 11) is 6.40. The van der Waals surface area contributed by atoms with Crippen LogP contribution in [0, 0.1) is 0 Å². The van der Waals surface area contributed by atoms with E-state index in [-0.39, 0.29) is 0 Å². The Morgan fingerprint density at radius 2 is 1.48 bits per heavy atom. The standard InChI is InChI=1S/C21H20N4O4/c1-26-15-7-5-13(6-8-15)16-11-22-21-24-23-12-25(21)19(16)14-9-17(27-2)20(29-4)18(10-14)28-3/h5-12H,1-4H3. The molecule has 0 aliphatic rings. The Labute approximate surface area is 167 Å². The Bertz CT molecular complexity index is 1130. The summed E-state index contributed by atoms with van der Waals surface area (Å²) in [6, 6.07) is 11.6. The van der Waals surface area contributed by atoms with Gasteiger partial charge in [-0.2, -0.15) is 0 Å². The van der Waals surface area contributed by atoms with Gasteiger partial charge in [-0.1, -0.05) is 12.1 Å². The van der Waals surface area contributed by atoms with Gasteiger partial charge in [-0.25, -0.2) is 4.98 Å². The van der Waals surface area contributed by atoms with Gasteiger partial charge in [-0.15, -0.1) is 10.2 Å². The third-order valence-electron chi connectivity index (χ3n) is 4.67. The van der Waals surface area contributed by atoms with Crippen LogP contribution in [0.2, 0.25) is 0 Å². The second kappa shape index (κ2) is 7.67. The third-order valence-corrected chi connectivity index (χ3v) is 4.67. The zero-order valence-corrected chi connectivity index (χ0v) is 16.5. The lowest BCUT2D eigenvalue weighted by Crippen LogP contribution is -2.00.